The summed E-state index contributed by atoms with van der Waals surface area (Å²) < 4.78 is 5.47. The molecule has 0 amide bonds. The van der Waals surface area contributed by atoms with Crippen LogP contribution < -0.4 is 10.5 Å². The van der Waals surface area contributed by atoms with E-state index < -0.39 is 12.0 Å². The Labute approximate surface area is 130 Å². The van der Waals surface area contributed by atoms with E-state index in [4.69, 9.17) is 15.6 Å². The normalized spacial score (nSPS) is 12.0. The van der Waals surface area contributed by atoms with Crippen molar-refractivity contribution in [1.82, 2.24) is 0 Å². The Morgan fingerprint density at radius 3 is 2.45 bits per heavy atom. The number of methoxy groups -OCH3 is 1. The number of hydrogen-bond acceptors (Lipinski definition) is 3. The third-order valence-corrected chi connectivity index (χ3v) is 3.73. The second kappa shape index (κ2) is 7.09. The van der Waals surface area contributed by atoms with E-state index in [0.717, 1.165) is 28.9 Å². The molecule has 22 heavy (non-hydrogen) atoms. The topological polar surface area (TPSA) is 72.5 Å². The van der Waals surface area contributed by atoms with E-state index in [0.29, 0.717) is 6.42 Å². The minimum atomic E-state index is -0.984. The zero-order valence-corrected chi connectivity index (χ0v) is 12.9. The number of hydrogen-bond donors (Lipinski definition) is 2. The van der Waals surface area contributed by atoms with Crippen LogP contribution >= 0.6 is 0 Å². The van der Waals surface area contributed by atoms with Gasteiger partial charge in [0.15, 0.2) is 0 Å². The lowest BCUT2D eigenvalue weighted by Crippen LogP contribution is -2.32. The number of carbonyl (C=O) groups is 1. The summed E-state index contributed by atoms with van der Waals surface area (Å²) in [6.07, 6.45) is 1.24. The summed E-state index contributed by atoms with van der Waals surface area (Å²) in [5, 5.41) is 8.87. The molecule has 0 unspecified atom stereocenters. The number of carboxylic acids is 1. The molecular weight excluding hydrogens is 278 g/mol. The van der Waals surface area contributed by atoms with Crippen LogP contribution in [0.25, 0.3) is 11.1 Å². The van der Waals surface area contributed by atoms with E-state index in [1.807, 2.05) is 36.4 Å². The quantitative estimate of drug-likeness (QED) is 0.860. The van der Waals surface area contributed by atoms with E-state index >= 15 is 0 Å². The smallest absolute Gasteiger partial charge is 0.320 e. The number of rotatable bonds is 6. The zero-order valence-electron chi connectivity index (χ0n) is 12.9. The van der Waals surface area contributed by atoms with Crippen LogP contribution in [0.3, 0.4) is 0 Å². The van der Waals surface area contributed by atoms with Crippen molar-refractivity contribution in [2.75, 3.05) is 7.11 Å². The monoisotopic (exact) mass is 299 g/mol. The first-order valence-electron chi connectivity index (χ1n) is 7.30. The van der Waals surface area contributed by atoms with Gasteiger partial charge in [-0.15, -0.1) is 0 Å². The Morgan fingerprint density at radius 2 is 1.91 bits per heavy atom. The number of benzene rings is 2. The highest BCUT2D eigenvalue weighted by Gasteiger charge is 2.13. The van der Waals surface area contributed by atoms with Crippen molar-refractivity contribution in [1.29, 1.82) is 0 Å². The first kappa shape index (κ1) is 16.0. The molecule has 0 heterocycles. The molecule has 0 saturated heterocycles. The Morgan fingerprint density at radius 1 is 1.23 bits per heavy atom. The van der Waals surface area contributed by atoms with E-state index in [1.54, 1.807) is 7.11 Å². The Kier molecular flexibility index (Phi) is 5.17. The van der Waals surface area contributed by atoms with Crippen molar-refractivity contribution in [3.05, 3.63) is 53.6 Å². The van der Waals surface area contributed by atoms with Crippen LogP contribution in [0, 0.1) is 0 Å². The Balaban J connectivity index is 2.33. The van der Waals surface area contributed by atoms with E-state index in [2.05, 4.69) is 13.0 Å². The molecule has 0 spiro atoms. The number of aliphatic carboxylic acids is 1. The van der Waals surface area contributed by atoms with Crippen LogP contribution in [0.4, 0.5) is 0 Å². The van der Waals surface area contributed by atoms with Crippen molar-refractivity contribution in [3.8, 4) is 16.9 Å². The van der Waals surface area contributed by atoms with Gasteiger partial charge in [-0.25, -0.2) is 0 Å². The average Bonchev–Trinajstić information content (AvgIpc) is 2.54. The highest BCUT2D eigenvalue weighted by Crippen LogP contribution is 2.33. The first-order chi connectivity index (χ1) is 10.6. The molecule has 1 atom stereocenters. The zero-order chi connectivity index (χ0) is 16.1. The van der Waals surface area contributed by atoms with Gasteiger partial charge in [0.1, 0.15) is 11.8 Å². The van der Waals surface area contributed by atoms with Crippen molar-refractivity contribution in [2.45, 2.75) is 25.8 Å². The second-order valence-electron chi connectivity index (χ2n) is 5.19. The van der Waals surface area contributed by atoms with Crippen LogP contribution in [0.15, 0.2) is 42.5 Å². The molecule has 0 radical (unpaired) electrons. The lowest BCUT2D eigenvalue weighted by molar-refractivity contribution is -0.138. The lowest BCUT2D eigenvalue weighted by Gasteiger charge is -2.14. The molecule has 3 N–H and O–H groups in total. The van der Waals surface area contributed by atoms with Crippen LogP contribution in [0.1, 0.15) is 18.1 Å². The molecule has 0 aliphatic heterocycles. The van der Waals surface area contributed by atoms with Gasteiger partial charge in [0.2, 0.25) is 0 Å². The number of aryl methyl sites for hydroxylation is 1. The van der Waals surface area contributed by atoms with Crippen molar-refractivity contribution < 1.29 is 14.6 Å². The summed E-state index contributed by atoms with van der Waals surface area (Å²) in [7, 11) is 1.67. The summed E-state index contributed by atoms with van der Waals surface area (Å²) in [4.78, 5) is 10.8. The molecule has 2 aromatic carbocycles. The molecule has 0 aliphatic rings. The highest BCUT2D eigenvalue weighted by atomic mass is 16.5. The SMILES string of the molecule is CCc1cccc(OC)c1-c1ccc(C[C@H](N)C(=O)O)cc1. The van der Waals surface area contributed by atoms with Gasteiger partial charge < -0.3 is 15.6 Å². The first-order valence-corrected chi connectivity index (χ1v) is 7.30. The van der Waals surface area contributed by atoms with Crippen molar-refractivity contribution in [3.63, 3.8) is 0 Å². The molecule has 2 aromatic rings. The lowest BCUT2D eigenvalue weighted by atomic mass is 9.95. The average molecular weight is 299 g/mol. The molecule has 2 rings (SSSR count). The Hall–Kier alpha value is -2.33. The van der Waals surface area contributed by atoms with Gasteiger partial charge in [-0.2, -0.15) is 0 Å². The van der Waals surface area contributed by atoms with Gasteiger partial charge in [-0.1, -0.05) is 43.3 Å². The summed E-state index contributed by atoms with van der Waals surface area (Å²) >= 11 is 0. The maximum Gasteiger partial charge on any atom is 0.320 e. The molecule has 4 heteroatoms. The number of nitrogens with two attached hydrogens (primary N) is 1. The standard InChI is InChI=1S/C18H21NO3/c1-3-13-5-4-6-16(22-2)17(13)14-9-7-12(8-10-14)11-15(19)18(20)21/h4-10,15H,3,11,19H2,1-2H3,(H,20,21)/t15-/m0/s1. The van der Waals surface area contributed by atoms with E-state index in [-0.39, 0.29) is 0 Å². The van der Waals surface area contributed by atoms with Gasteiger partial charge in [0.05, 0.1) is 7.11 Å². The van der Waals surface area contributed by atoms with Crippen molar-refractivity contribution in [2.24, 2.45) is 5.73 Å². The van der Waals surface area contributed by atoms with E-state index in [9.17, 15) is 4.79 Å². The fourth-order valence-corrected chi connectivity index (χ4v) is 2.52. The van der Waals surface area contributed by atoms with Gasteiger partial charge in [0, 0.05) is 5.56 Å². The molecule has 4 nitrogen and oxygen atoms in total. The molecule has 116 valence electrons. The highest BCUT2D eigenvalue weighted by molar-refractivity contribution is 5.75. The maximum atomic E-state index is 10.8. The minimum Gasteiger partial charge on any atom is -0.496 e. The van der Waals surface area contributed by atoms with E-state index in [1.165, 1.54) is 5.56 Å². The molecule has 0 fully saturated rings. The summed E-state index contributed by atoms with van der Waals surface area (Å²) in [6.45, 7) is 2.11. The van der Waals surface area contributed by atoms with Crippen molar-refractivity contribution >= 4 is 5.97 Å². The van der Waals surface area contributed by atoms with Crippen LogP contribution in [-0.4, -0.2) is 24.2 Å². The number of ether oxygens (including phenoxy) is 1. The number of carboxylic acid groups (broad SMARTS) is 1. The fourth-order valence-electron chi connectivity index (χ4n) is 2.52. The van der Waals surface area contributed by atoms with Gasteiger partial charge in [-0.3, -0.25) is 4.79 Å². The largest absolute Gasteiger partial charge is 0.496 e. The second-order valence-corrected chi connectivity index (χ2v) is 5.19. The predicted octanol–water partition coefficient (Wildman–Crippen LogP) is 2.88. The molecule has 0 aromatic heterocycles. The molecule has 0 bridgehead atoms. The fraction of sp³-hybridized carbons (Fsp3) is 0.278. The van der Waals surface area contributed by atoms with Gasteiger partial charge >= 0.3 is 5.97 Å². The summed E-state index contributed by atoms with van der Waals surface area (Å²) in [6, 6.07) is 13.0. The third-order valence-electron chi connectivity index (χ3n) is 3.73. The van der Waals surface area contributed by atoms with Crippen LogP contribution in [0.2, 0.25) is 0 Å². The third kappa shape index (κ3) is 3.46. The summed E-state index contributed by atoms with van der Waals surface area (Å²) in [5.74, 6) is -0.142. The summed E-state index contributed by atoms with van der Waals surface area (Å²) in [5.41, 5.74) is 9.84. The van der Waals surface area contributed by atoms with Crippen LogP contribution in [-0.2, 0) is 17.6 Å². The maximum absolute atomic E-state index is 10.8. The molecular formula is C18H21NO3. The van der Waals surface area contributed by atoms with Gasteiger partial charge in [0.25, 0.3) is 0 Å². The molecule has 0 aliphatic carbocycles. The predicted molar refractivity (Wildman–Crippen MR) is 87.1 cm³/mol. The minimum absolute atomic E-state index is 0.322. The van der Waals surface area contributed by atoms with Gasteiger partial charge in [-0.05, 0) is 35.6 Å². The van der Waals surface area contributed by atoms with Crippen LogP contribution in [0.5, 0.6) is 5.75 Å². The molecule has 0 saturated carbocycles. The Bertz CT molecular complexity index is 628.